The van der Waals surface area contributed by atoms with E-state index >= 15 is 0 Å². The topological polar surface area (TPSA) is 78.9 Å². The van der Waals surface area contributed by atoms with Crippen LogP contribution in [0.5, 0.6) is 0 Å². The molecular weight excluding hydrogens is 865 g/mol. The Balaban J connectivity index is 4.41. The molecule has 0 saturated carbocycles. The number of rotatable bonds is 53. The maximum Gasteiger partial charge on any atom is 0.306 e. The van der Waals surface area contributed by atoms with Crippen molar-refractivity contribution in [1.82, 2.24) is 0 Å². The first-order chi connectivity index (χ1) is 34.5. The third kappa shape index (κ3) is 55.5. The van der Waals surface area contributed by atoms with Gasteiger partial charge >= 0.3 is 17.9 Å². The Bertz CT molecular complexity index is 1350. The van der Waals surface area contributed by atoms with Crippen molar-refractivity contribution in [2.75, 3.05) is 13.2 Å². The van der Waals surface area contributed by atoms with Gasteiger partial charge in [-0.3, -0.25) is 14.4 Å². The maximum atomic E-state index is 12.9. The van der Waals surface area contributed by atoms with E-state index in [9.17, 15) is 14.4 Å². The fourth-order valence-electron chi connectivity index (χ4n) is 8.27. The van der Waals surface area contributed by atoms with Gasteiger partial charge in [-0.2, -0.15) is 0 Å². The summed E-state index contributed by atoms with van der Waals surface area (Å²) in [6.45, 7) is 6.42. The molecule has 0 bridgehead atoms. The van der Waals surface area contributed by atoms with Crippen LogP contribution >= 0.6 is 0 Å². The highest BCUT2D eigenvalue weighted by molar-refractivity contribution is 5.71. The van der Waals surface area contributed by atoms with Crippen LogP contribution in [0.3, 0.4) is 0 Å². The van der Waals surface area contributed by atoms with E-state index in [-0.39, 0.29) is 31.1 Å². The van der Waals surface area contributed by atoms with Crippen molar-refractivity contribution in [3.05, 3.63) is 85.1 Å². The molecule has 1 atom stereocenters. The monoisotopic (exact) mass is 975 g/mol. The van der Waals surface area contributed by atoms with E-state index in [4.69, 9.17) is 14.2 Å². The molecular formula is C64H110O6. The summed E-state index contributed by atoms with van der Waals surface area (Å²) < 4.78 is 16.9. The lowest BCUT2D eigenvalue weighted by atomic mass is 10.0. The smallest absolute Gasteiger partial charge is 0.306 e. The Kier molecular flexibility index (Phi) is 55.3. The number of carbonyl (C=O) groups excluding carboxylic acids is 3. The second-order valence-electron chi connectivity index (χ2n) is 19.5. The Morgan fingerprint density at radius 1 is 0.300 bits per heavy atom. The molecule has 0 saturated heterocycles. The normalized spacial score (nSPS) is 12.7. The molecule has 0 aromatic rings. The van der Waals surface area contributed by atoms with Crippen molar-refractivity contribution in [1.29, 1.82) is 0 Å². The van der Waals surface area contributed by atoms with Crippen molar-refractivity contribution >= 4 is 17.9 Å². The summed E-state index contributed by atoms with van der Waals surface area (Å²) >= 11 is 0. The van der Waals surface area contributed by atoms with Crippen molar-refractivity contribution in [3.8, 4) is 0 Å². The Labute approximate surface area is 433 Å². The minimum absolute atomic E-state index is 0.0832. The van der Waals surface area contributed by atoms with E-state index in [0.717, 1.165) is 116 Å². The fraction of sp³-hybridized carbons (Fsp3) is 0.734. The summed E-state index contributed by atoms with van der Waals surface area (Å²) in [5.74, 6) is -0.898. The Hall–Kier alpha value is -3.41. The molecule has 6 nitrogen and oxygen atoms in total. The second kappa shape index (κ2) is 58.2. The summed E-state index contributed by atoms with van der Waals surface area (Å²) in [6.07, 6.45) is 75.7. The molecule has 0 aliphatic carbocycles. The molecule has 0 N–H and O–H groups in total. The molecule has 6 heteroatoms. The average Bonchev–Trinajstić information content (AvgIpc) is 3.36. The standard InChI is InChI=1S/C64H110O6/c1-4-7-10-13-16-19-22-25-28-31-32-34-36-39-42-45-48-51-54-57-63(66)69-60-61(59-68-62(65)56-53-50-47-44-41-38-35-30-27-24-21-18-15-12-9-6-3)70-64(67)58-55-52-49-46-43-40-37-33-29-26-23-20-17-14-11-8-5-2/h7-8,10-11,16-17,19-20,25-26,28-29,32,34,61H,4-6,9,12-15,18,21-24,27,30-31,33,35-60H2,1-3H3/b10-7-,11-8-,19-16-,20-17-,28-25-,29-26-,34-32-. The van der Waals surface area contributed by atoms with Gasteiger partial charge in [-0.1, -0.05) is 260 Å². The molecule has 0 heterocycles. The van der Waals surface area contributed by atoms with Crippen molar-refractivity contribution in [2.24, 2.45) is 0 Å². The minimum Gasteiger partial charge on any atom is -0.462 e. The largest absolute Gasteiger partial charge is 0.462 e. The van der Waals surface area contributed by atoms with E-state index in [2.05, 4.69) is 106 Å². The summed E-state index contributed by atoms with van der Waals surface area (Å²) in [5, 5.41) is 0. The number of allylic oxidation sites excluding steroid dienone is 14. The van der Waals surface area contributed by atoms with Crippen LogP contribution in [0.4, 0.5) is 0 Å². The average molecular weight is 976 g/mol. The van der Waals surface area contributed by atoms with E-state index in [1.165, 1.54) is 128 Å². The number of ether oxygens (including phenoxy) is 3. The first kappa shape index (κ1) is 66.6. The van der Waals surface area contributed by atoms with Crippen molar-refractivity contribution < 1.29 is 28.6 Å². The zero-order valence-electron chi connectivity index (χ0n) is 46.0. The fourth-order valence-corrected chi connectivity index (χ4v) is 8.27. The predicted molar refractivity (Wildman–Crippen MR) is 302 cm³/mol. The molecule has 0 amide bonds. The molecule has 0 rings (SSSR count). The number of esters is 3. The maximum absolute atomic E-state index is 12.9. The molecule has 402 valence electrons. The third-order valence-corrected chi connectivity index (χ3v) is 12.6. The number of hydrogen-bond donors (Lipinski definition) is 0. The van der Waals surface area contributed by atoms with Crippen LogP contribution in [0.1, 0.15) is 284 Å². The molecule has 0 spiro atoms. The summed E-state index contributed by atoms with van der Waals surface area (Å²) in [7, 11) is 0. The zero-order chi connectivity index (χ0) is 50.7. The zero-order valence-corrected chi connectivity index (χ0v) is 46.0. The lowest BCUT2D eigenvalue weighted by Crippen LogP contribution is -2.30. The van der Waals surface area contributed by atoms with Crippen LogP contribution in [-0.2, 0) is 28.6 Å². The summed E-state index contributed by atoms with van der Waals surface area (Å²) in [5.41, 5.74) is 0. The predicted octanol–water partition coefficient (Wildman–Crippen LogP) is 19.9. The van der Waals surface area contributed by atoms with Crippen molar-refractivity contribution in [3.63, 3.8) is 0 Å². The molecule has 70 heavy (non-hydrogen) atoms. The highest BCUT2D eigenvalue weighted by Crippen LogP contribution is 2.16. The summed E-state index contributed by atoms with van der Waals surface area (Å²) in [6, 6.07) is 0. The van der Waals surface area contributed by atoms with Gasteiger partial charge in [0.1, 0.15) is 13.2 Å². The number of hydrogen-bond acceptors (Lipinski definition) is 6. The van der Waals surface area contributed by atoms with Gasteiger partial charge in [0, 0.05) is 19.3 Å². The molecule has 0 aromatic heterocycles. The van der Waals surface area contributed by atoms with Crippen LogP contribution < -0.4 is 0 Å². The van der Waals surface area contributed by atoms with Gasteiger partial charge in [0.2, 0.25) is 0 Å². The van der Waals surface area contributed by atoms with E-state index in [0.29, 0.717) is 19.3 Å². The number of unbranched alkanes of at least 4 members (excludes halogenated alkanes) is 28. The summed E-state index contributed by atoms with van der Waals surface area (Å²) in [4.78, 5) is 38.2. The first-order valence-electron chi connectivity index (χ1n) is 29.6. The first-order valence-corrected chi connectivity index (χ1v) is 29.6. The molecule has 0 aromatic carbocycles. The molecule has 0 aliphatic heterocycles. The van der Waals surface area contributed by atoms with Crippen LogP contribution in [0.2, 0.25) is 0 Å². The second-order valence-corrected chi connectivity index (χ2v) is 19.5. The van der Waals surface area contributed by atoms with Crippen LogP contribution in [0, 0.1) is 0 Å². The van der Waals surface area contributed by atoms with E-state index in [1.807, 2.05) is 0 Å². The molecule has 0 fully saturated rings. The van der Waals surface area contributed by atoms with Crippen LogP contribution in [0.15, 0.2) is 85.1 Å². The van der Waals surface area contributed by atoms with Gasteiger partial charge in [-0.25, -0.2) is 0 Å². The molecule has 0 radical (unpaired) electrons. The van der Waals surface area contributed by atoms with Crippen molar-refractivity contribution in [2.45, 2.75) is 290 Å². The highest BCUT2D eigenvalue weighted by Gasteiger charge is 2.19. The van der Waals surface area contributed by atoms with Gasteiger partial charge in [0.15, 0.2) is 6.10 Å². The highest BCUT2D eigenvalue weighted by atomic mass is 16.6. The number of carbonyl (C=O) groups is 3. The minimum atomic E-state index is -0.788. The van der Waals surface area contributed by atoms with Gasteiger partial charge in [0.25, 0.3) is 0 Å². The van der Waals surface area contributed by atoms with E-state index < -0.39 is 6.10 Å². The third-order valence-electron chi connectivity index (χ3n) is 12.6. The lowest BCUT2D eigenvalue weighted by Gasteiger charge is -2.18. The molecule has 1 unspecified atom stereocenters. The SMILES string of the molecule is CC/C=C\C/C=C\C/C=C\C/C=C\CCCCCCCCC(=O)OCC(COC(=O)CCCCCCCCCCCCCCCCCC)OC(=O)CCCCCCCCC/C=C\C/C=C\C/C=C\CC. The lowest BCUT2D eigenvalue weighted by molar-refractivity contribution is -0.167. The van der Waals surface area contributed by atoms with Crippen LogP contribution in [0.25, 0.3) is 0 Å². The van der Waals surface area contributed by atoms with Gasteiger partial charge in [-0.05, 0) is 89.9 Å². The molecule has 0 aliphatic rings. The Morgan fingerprint density at radius 3 is 0.871 bits per heavy atom. The Morgan fingerprint density at radius 2 is 0.557 bits per heavy atom. The quantitative estimate of drug-likeness (QED) is 0.0261. The van der Waals surface area contributed by atoms with Crippen LogP contribution in [-0.4, -0.2) is 37.2 Å². The van der Waals surface area contributed by atoms with Gasteiger partial charge in [-0.15, -0.1) is 0 Å². The van der Waals surface area contributed by atoms with Gasteiger partial charge in [0.05, 0.1) is 0 Å². The van der Waals surface area contributed by atoms with E-state index in [1.54, 1.807) is 0 Å². The van der Waals surface area contributed by atoms with Gasteiger partial charge < -0.3 is 14.2 Å².